The van der Waals surface area contributed by atoms with E-state index in [1.165, 1.54) is 0 Å². The van der Waals surface area contributed by atoms with E-state index in [9.17, 15) is 10.1 Å². The molecule has 23 heavy (non-hydrogen) atoms. The van der Waals surface area contributed by atoms with Crippen molar-refractivity contribution in [2.45, 2.75) is 27.7 Å². The van der Waals surface area contributed by atoms with Crippen LogP contribution in [0.3, 0.4) is 0 Å². The number of nitriles is 1. The van der Waals surface area contributed by atoms with Gasteiger partial charge >= 0.3 is 5.97 Å². The minimum atomic E-state index is -0.983. The number of carbonyl (C=O) groups is 1. The molecule has 2 aromatic rings. The first-order chi connectivity index (χ1) is 10.8. The van der Waals surface area contributed by atoms with E-state index in [0.717, 1.165) is 28.0 Å². The Bertz CT molecular complexity index is 877. The highest BCUT2D eigenvalue weighted by molar-refractivity contribution is 7.17. The molecule has 0 radical (unpaired) electrons. The summed E-state index contributed by atoms with van der Waals surface area (Å²) >= 11 is 1.12. The molecule has 0 bridgehead atoms. The Labute approximate surface area is 139 Å². The summed E-state index contributed by atoms with van der Waals surface area (Å²) in [5.41, 5.74) is 3.32. The molecule has 0 saturated carbocycles. The molecule has 0 aliphatic rings. The van der Waals surface area contributed by atoms with Crippen LogP contribution >= 0.6 is 11.3 Å². The van der Waals surface area contributed by atoms with E-state index in [-0.39, 0.29) is 10.8 Å². The third-order valence-corrected chi connectivity index (χ3v) is 4.37. The van der Waals surface area contributed by atoms with Crippen LogP contribution in [0.4, 0.5) is 0 Å². The lowest BCUT2D eigenvalue weighted by Crippen LogP contribution is -1.94. The summed E-state index contributed by atoms with van der Waals surface area (Å²) in [6.45, 7) is 7.56. The lowest BCUT2D eigenvalue weighted by molar-refractivity contribution is 0.0701. The molecule has 1 aromatic heterocycles. The molecule has 0 spiro atoms. The normalized spacial score (nSPS) is 10.1. The van der Waals surface area contributed by atoms with Gasteiger partial charge in [-0.1, -0.05) is 25.7 Å². The number of carboxylic acid groups (broad SMARTS) is 1. The van der Waals surface area contributed by atoms with Crippen molar-refractivity contribution in [2.24, 2.45) is 5.92 Å². The summed E-state index contributed by atoms with van der Waals surface area (Å²) in [6.07, 6.45) is 0. The van der Waals surface area contributed by atoms with Crippen molar-refractivity contribution in [3.8, 4) is 28.5 Å². The number of aromatic nitrogens is 1. The smallest absolute Gasteiger partial charge is 0.347 e. The van der Waals surface area contributed by atoms with E-state index < -0.39 is 5.97 Å². The number of aryl methyl sites for hydroxylation is 2. The molecule has 0 aliphatic carbocycles. The number of hydrogen-bond donors (Lipinski definition) is 1. The fraction of sp³-hybridized carbons (Fsp3) is 0.278. The van der Waals surface area contributed by atoms with Gasteiger partial charge in [0.05, 0.1) is 11.3 Å². The molecule has 0 fully saturated rings. The van der Waals surface area contributed by atoms with Crippen LogP contribution in [0.2, 0.25) is 0 Å². The average Bonchev–Trinajstić information content (AvgIpc) is 2.87. The number of nitrogens with zero attached hydrogens (tertiary/aromatic N) is 2. The molecular weight excluding hydrogens is 308 g/mol. The zero-order valence-electron chi connectivity index (χ0n) is 13.4. The molecule has 1 aromatic carbocycles. The summed E-state index contributed by atoms with van der Waals surface area (Å²) in [5, 5.41) is 19.1. The second kappa shape index (κ2) is 6.64. The van der Waals surface area contributed by atoms with Crippen molar-refractivity contribution in [1.29, 1.82) is 5.26 Å². The van der Waals surface area contributed by atoms with E-state index in [0.29, 0.717) is 16.3 Å². The number of aromatic carboxylic acids is 1. The molecule has 0 aliphatic heterocycles. The zero-order valence-corrected chi connectivity index (χ0v) is 14.2. The Hall–Kier alpha value is -2.63. The minimum Gasteiger partial charge on any atom is -0.477 e. The molecule has 5 heteroatoms. The van der Waals surface area contributed by atoms with Gasteiger partial charge in [-0.05, 0) is 31.5 Å². The van der Waals surface area contributed by atoms with E-state index in [4.69, 9.17) is 5.11 Å². The fourth-order valence-electron chi connectivity index (χ4n) is 2.10. The summed E-state index contributed by atoms with van der Waals surface area (Å²) < 4.78 is 0. The van der Waals surface area contributed by atoms with Crippen LogP contribution in [-0.2, 0) is 0 Å². The van der Waals surface area contributed by atoms with Gasteiger partial charge in [-0.2, -0.15) is 5.26 Å². The second-order valence-corrected chi connectivity index (χ2v) is 6.49. The van der Waals surface area contributed by atoms with Crippen LogP contribution < -0.4 is 0 Å². The Morgan fingerprint density at radius 3 is 2.57 bits per heavy atom. The Morgan fingerprint density at radius 1 is 1.35 bits per heavy atom. The summed E-state index contributed by atoms with van der Waals surface area (Å²) in [4.78, 5) is 15.7. The minimum absolute atomic E-state index is 0.222. The quantitative estimate of drug-likeness (QED) is 0.847. The summed E-state index contributed by atoms with van der Waals surface area (Å²) in [6, 6.07) is 5.79. The van der Waals surface area contributed by atoms with Crippen LogP contribution in [-0.4, -0.2) is 16.1 Å². The standard InChI is InChI=1S/C18H16N2O2S/c1-10(2)5-6-15-11(3)7-13(8-14(15)9-19)17-20-12(4)16(23-17)18(21)22/h7-8,10H,1-4H3,(H,21,22). The predicted molar refractivity (Wildman–Crippen MR) is 90.4 cm³/mol. The summed E-state index contributed by atoms with van der Waals surface area (Å²) in [5.74, 6) is 5.37. The first-order valence-electron chi connectivity index (χ1n) is 7.10. The molecule has 0 amide bonds. The maximum absolute atomic E-state index is 11.2. The van der Waals surface area contributed by atoms with Gasteiger partial charge < -0.3 is 5.11 Å². The maximum Gasteiger partial charge on any atom is 0.347 e. The second-order valence-electron chi connectivity index (χ2n) is 5.49. The van der Waals surface area contributed by atoms with Crippen LogP contribution in [0.25, 0.3) is 10.6 Å². The fourth-order valence-corrected chi connectivity index (χ4v) is 2.99. The topological polar surface area (TPSA) is 74.0 Å². The van der Waals surface area contributed by atoms with E-state index in [1.807, 2.05) is 26.8 Å². The SMILES string of the molecule is Cc1cc(-c2nc(C)c(C(=O)O)s2)cc(C#N)c1C#CC(C)C. The van der Waals surface area contributed by atoms with E-state index >= 15 is 0 Å². The van der Waals surface area contributed by atoms with Crippen molar-refractivity contribution >= 4 is 17.3 Å². The first-order valence-corrected chi connectivity index (χ1v) is 7.92. The Balaban J connectivity index is 2.58. The van der Waals surface area contributed by atoms with Gasteiger partial charge in [0.2, 0.25) is 0 Å². The molecular formula is C18H16N2O2S. The Kier molecular flexibility index (Phi) is 4.83. The highest BCUT2D eigenvalue weighted by Crippen LogP contribution is 2.30. The lowest BCUT2D eigenvalue weighted by atomic mass is 9.99. The molecule has 1 heterocycles. The van der Waals surface area contributed by atoms with E-state index in [1.54, 1.807) is 13.0 Å². The van der Waals surface area contributed by atoms with Crippen molar-refractivity contribution < 1.29 is 9.90 Å². The summed E-state index contributed by atoms with van der Waals surface area (Å²) in [7, 11) is 0. The highest BCUT2D eigenvalue weighted by Gasteiger charge is 2.16. The van der Waals surface area contributed by atoms with Crippen LogP contribution in [0, 0.1) is 42.9 Å². The monoisotopic (exact) mass is 324 g/mol. The third-order valence-electron chi connectivity index (χ3n) is 3.18. The largest absolute Gasteiger partial charge is 0.477 e. The number of hydrogen-bond acceptors (Lipinski definition) is 4. The van der Waals surface area contributed by atoms with Crippen molar-refractivity contribution in [3.05, 3.63) is 39.4 Å². The van der Waals surface area contributed by atoms with Crippen molar-refractivity contribution in [3.63, 3.8) is 0 Å². The number of carboxylic acids is 1. The molecule has 0 atom stereocenters. The van der Waals surface area contributed by atoms with Gasteiger partial charge in [-0.3, -0.25) is 0 Å². The third kappa shape index (κ3) is 3.59. The Morgan fingerprint density at radius 2 is 2.04 bits per heavy atom. The van der Waals surface area contributed by atoms with Gasteiger partial charge in [0.25, 0.3) is 0 Å². The van der Waals surface area contributed by atoms with Crippen LogP contribution in [0.5, 0.6) is 0 Å². The van der Waals surface area contributed by atoms with Gasteiger partial charge in [-0.25, -0.2) is 9.78 Å². The molecule has 1 N–H and O–H groups in total. The number of benzene rings is 1. The molecule has 4 nitrogen and oxygen atoms in total. The number of rotatable bonds is 2. The predicted octanol–water partition coefficient (Wildman–Crippen LogP) is 4.00. The van der Waals surface area contributed by atoms with Crippen molar-refractivity contribution in [2.75, 3.05) is 0 Å². The van der Waals surface area contributed by atoms with Crippen LogP contribution in [0.15, 0.2) is 12.1 Å². The average molecular weight is 324 g/mol. The van der Waals surface area contributed by atoms with E-state index in [2.05, 4.69) is 22.9 Å². The first kappa shape index (κ1) is 16.7. The molecule has 0 saturated heterocycles. The van der Waals surface area contributed by atoms with Gasteiger partial charge in [0.15, 0.2) is 0 Å². The van der Waals surface area contributed by atoms with Crippen molar-refractivity contribution in [1.82, 2.24) is 4.98 Å². The van der Waals surface area contributed by atoms with Gasteiger partial charge in [0.1, 0.15) is 16.0 Å². The highest BCUT2D eigenvalue weighted by atomic mass is 32.1. The van der Waals surface area contributed by atoms with Gasteiger partial charge in [0, 0.05) is 17.0 Å². The number of thiazole rings is 1. The molecule has 2 rings (SSSR count). The maximum atomic E-state index is 11.2. The zero-order chi connectivity index (χ0) is 17.1. The molecule has 0 unspecified atom stereocenters. The lowest BCUT2D eigenvalue weighted by Gasteiger charge is -2.05. The molecule has 116 valence electrons. The van der Waals surface area contributed by atoms with Crippen LogP contribution in [0.1, 0.15) is 45.9 Å². The van der Waals surface area contributed by atoms with Gasteiger partial charge in [-0.15, -0.1) is 11.3 Å².